The van der Waals surface area contributed by atoms with E-state index in [1.165, 1.54) is 10.8 Å². The van der Waals surface area contributed by atoms with Gasteiger partial charge in [-0.25, -0.2) is 5.43 Å². The summed E-state index contributed by atoms with van der Waals surface area (Å²) < 4.78 is 17.7. The number of benzene rings is 3. The largest absolute Gasteiger partial charge is 0.488 e. The summed E-state index contributed by atoms with van der Waals surface area (Å²) in [6, 6.07) is 20.1. The van der Waals surface area contributed by atoms with E-state index in [9.17, 15) is 4.79 Å². The molecule has 6 nitrogen and oxygen atoms in total. The summed E-state index contributed by atoms with van der Waals surface area (Å²) >= 11 is 3.55. The molecular weight excluding hydrogens is 460 g/mol. The molecule has 1 fully saturated rings. The highest BCUT2D eigenvalue weighted by atomic mass is 79.9. The van der Waals surface area contributed by atoms with Crippen molar-refractivity contribution < 1.29 is 19.0 Å². The van der Waals surface area contributed by atoms with Crippen molar-refractivity contribution >= 4 is 38.8 Å². The zero-order valence-electron chi connectivity index (χ0n) is 17.1. The lowest BCUT2D eigenvalue weighted by molar-refractivity contribution is -0.159. The summed E-state index contributed by atoms with van der Waals surface area (Å²) in [6.07, 6.45) is 1.67. The Morgan fingerprint density at radius 1 is 1.16 bits per heavy atom. The number of carbonyl (C=O) groups is 1. The van der Waals surface area contributed by atoms with Crippen LogP contribution in [-0.2, 0) is 20.9 Å². The van der Waals surface area contributed by atoms with Gasteiger partial charge in [0.2, 0.25) is 5.91 Å². The van der Waals surface area contributed by atoms with Crippen molar-refractivity contribution in [3.63, 3.8) is 0 Å². The molecule has 0 bridgehead atoms. The molecule has 1 amide bonds. The number of nitrogens with zero attached hydrogens (tertiary/aromatic N) is 1. The highest BCUT2D eigenvalue weighted by molar-refractivity contribution is 9.10. The number of ether oxygens (including phenoxy) is 3. The molecule has 0 aliphatic carbocycles. The van der Waals surface area contributed by atoms with Crippen LogP contribution in [0.1, 0.15) is 24.5 Å². The summed E-state index contributed by atoms with van der Waals surface area (Å²) in [6.45, 7) is 3.20. The van der Waals surface area contributed by atoms with Crippen LogP contribution in [0, 0.1) is 0 Å². The molecule has 1 aliphatic rings. The number of hydrazone groups is 1. The van der Waals surface area contributed by atoms with Crippen LogP contribution in [0.15, 0.2) is 70.2 Å². The Morgan fingerprint density at radius 3 is 2.74 bits per heavy atom. The molecule has 7 heteroatoms. The predicted molar refractivity (Wildman–Crippen MR) is 123 cm³/mol. The minimum absolute atomic E-state index is 0.0922. The number of halogens is 1. The normalized spacial score (nSPS) is 15.4. The van der Waals surface area contributed by atoms with Crippen molar-refractivity contribution in [3.05, 3.63) is 76.3 Å². The van der Waals surface area contributed by atoms with Crippen molar-refractivity contribution in [2.24, 2.45) is 5.10 Å². The summed E-state index contributed by atoms with van der Waals surface area (Å²) in [5, 5.41) is 6.39. The Labute approximate surface area is 189 Å². The first kappa shape index (κ1) is 21.5. The van der Waals surface area contributed by atoms with Crippen molar-refractivity contribution in [1.29, 1.82) is 0 Å². The van der Waals surface area contributed by atoms with Crippen LogP contribution in [0.25, 0.3) is 10.8 Å². The molecule has 0 radical (unpaired) electrons. The van der Waals surface area contributed by atoms with E-state index in [0.29, 0.717) is 19.8 Å². The van der Waals surface area contributed by atoms with Crippen LogP contribution < -0.4 is 10.2 Å². The van der Waals surface area contributed by atoms with E-state index < -0.39 is 5.79 Å². The van der Waals surface area contributed by atoms with E-state index >= 15 is 0 Å². The van der Waals surface area contributed by atoms with Gasteiger partial charge < -0.3 is 14.2 Å². The lowest BCUT2D eigenvalue weighted by Crippen LogP contribution is -2.33. The van der Waals surface area contributed by atoms with Crippen LogP contribution in [0.2, 0.25) is 0 Å². The third-order valence-electron chi connectivity index (χ3n) is 5.00. The van der Waals surface area contributed by atoms with E-state index in [2.05, 4.69) is 50.7 Å². The van der Waals surface area contributed by atoms with Crippen molar-refractivity contribution in [2.75, 3.05) is 13.2 Å². The third kappa shape index (κ3) is 5.50. The molecule has 0 spiro atoms. The lowest BCUT2D eigenvalue weighted by Gasteiger charge is -2.20. The molecule has 1 heterocycles. The van der Waals surface area contributed by atoms with Gasteiger partial charge in [0.1, 0.15) is 12.4 Å². The third-order valence-corrected chi connectivity index (χ3v) is 5.62. The summed E-state index contributed by atoms with van der Waals surface area (Å²) in [5.41, 5.74) is 4.46. The van der Waals surface area contributed by atoms with Gasteiger partial charge in [-0.3, -0.25) is 4.79 Å². The SMILES string of the molecule is CC1(CC(=O)NN=Cc2ccc(OCc3cccc4ccccc34)c(Br)c2)OCCO1. The number of hydrogen-bond donors (Lipinski definition) is 1. The van der Waals surface area contributed by atoms with E-state index in [1.807, 2.05) is 36.4 Å². The number of carbonyl (C=O) groups excluding carboxylic acids is 1. The number of fused-ring (bicyclic) bond motifs is 1. The highest BCUT2D eigenvalue weighted by Gasteiger charge is 2.33. The Balaban J connectivity index is 1.34. The Morgan fingerprint density at radius 2 is 1.94 bits per heavy atom. The molecule has 1 N–H and O–H groups in total. The number of hydrogen-bond acceptors (Lipinski definition) is 5. The first-order valence-electron chi connectivity index (χ1n) is 10.0. The maximum absolute atomic E-state index is 12.0. The van der Waals surface area contributed by atoms with Gasteiger partial charge in [0, 0.05) is 0 Å². The molecule has 0 saturated carbocycles. The maximum Gasteiger partial charge on any atom is 0.245 e. The quantitative estimate of drug-likeness (QED) is 0.388. The molecular formula is C24H23BrN2O4. The van der Waals surface area contributed by atoms with E-state index in [1.54, 1.807) is 13.1 Å². The molecule has 1 aliphatic heterocycles. The topological polar surface area (TPSA) is 69.2 Å². The number of nitrogens with one attached hydrogen (secondary N) is 1. The minimum Gasteiger partial charge on any atom is -0.488 e. The summed E-state index contributed by atoms with van der Waals surface area (Å²) in [7, 11) is 0. The average Bonchev–Trinajstić information content (AvgIpc) is 3.19. The van der Waals surface area contributed by atoms with E-state index in [0.717, 1.165) is 21.3 Å². The predicted octanol–water partition coefficient (Wildman–Crippen LogP) is 4.78. The number of rotatable bonds is 7. The molecule has 31 heavy (non-hydrogen) atoms. The van der Waals surface area contributed by atoms with Crippen LogP contribution in [0.5, 0.6) is 5.75 Å². The van der Waals surface area contributed by atoms with Gasteiger partial charge in [0.05, 0.1) is 30.3 Å². The maximum atomic E-state index is 12.0. The van der Waals surface area contributed by atoms with Gasteiger partial charge >= 0.3 is 0 Å². The molecule has 3 aromatic rings. The first-order chi connectivity index (χ1) is 15.0. The summed E-state index contributed by atoms with van der Waals surface area (Å²) in [4.78, 5) is 12.0. The lowest BCUT2D eigenvalue weighted by atomic mass is 10.1. The Hall–Kier alpha value is -2.74. The first-order valence-corrected chi connectivity index (χ1v) is 10.8. The van der Waals surface area contributed by atoms with Crippen LogP contribution in [0.3, 0.4) is 0 Å². The molecule has 0 atom stereocenters. The van der Waals surface area contributed by atoms with Gasteiger partial charge in [0.25, 0.3) is 0 Å². The smallest absolute Gasteiger partial charge is 0.245 e. The van der Waals surface area contributed by atoms with Gasteiger partial charge in [-0.1, -0.05) is 42.5 Å². The Kier molecular flexibility index (Phi) is 6.65. The van der Waals surface area contributed by atoms with Crippen LogP contribution in [0.4, 0.5) is 0 Å². The molecule has 1 saturated heterocycles. The minimum atomic E-state index is -0.869. The van der Waals surface area contributed by atoms with Gasteiger partial charge in [-0.05, 0) is 63.0 Å². The van der Waals surface area contributed by atoms with Crippen LogP contribution in [-0.4, -0.2) is 31.1 Å². The summed E-state index contributed by atoms with van der Waals surface area (Å²) in [5.74, 6) is -0.404. The second-order valence-electron chi connectivity index (χ2n) is 7.42. The van der Waals surface area contributed by atoms with Crippen molar-refractivity contribution in [1.82, 2.24) is 5.43 Å². The molecule has 0 aromatic heterocycles. The molecule has 4 rings (SSSR count). The fourth-order valence-electron chi connectivity index (χ4n) is 3.46. The zero-order valence-corrected chi connectivity index (χ0v) is 18.7. The molecule has 0 unspecified atom stereocenters. The van der Waals surface area contributed by atoms with Gasteiger partial charge in [0.15, 0.2) is 5.79 Å². The monoisotopic (exact) mass is 482 g/mol. The van der Waals surface area contributed by atoms with Gasteiger partial charge in [-0.2, -0.15) is 5.10 Å². The Bertz CT molecular complexity index is 1100. The van der Waals surface area contributed by atoms with Crippen molar-refractivity contribution in [2.45, 2.75) is 25.7 Å². The van der Waals surface area contributed by atoms with Gasteiger partial charge in [-0.15, -0.1) is 0 Å². The highest BCUT2D eigenvalue weighted by Crippen LogP contribution is 2.28. The van der Waals surface area contributed by atoms with Crippen molar-refractivity contribution in [3.8, 4) is 5.75 Å². The standard InChI is InChI=1S/C24H23BrN2O4/c1-24(30-11-12-31-24)14-23(28)27-26-15-17-9-10-22(21(25)13-17)29-16-19-7-4-6-18-5-2-3-8-20(18)19/h2-10,13,15H,11-12,14,16H2,1H3,(H,27,28). The second-order valence-corrected chi connectivity index (χ2v) is 8.27. The molecule has 160 valence electrons. The zero-order chi connectivity index (χ0) is 21.7. The molecule has 3 aromatic carbocycles. The van der Waals surface area contributed by atoms with Crippen LogP contribution >= 0.6 is 15.9 Å². The fraction of sp³-hybridized carbons (Fsp3) is 0.250. The fourth-order valence-corrected chi connectivity index (χ4v) is 3.97. The second kappa shape index (κ2) is 9.60. The number of amides is 1. The van der Waals surface area contributed by atoms with E-state index in [-0.39, 0.29) is 12.3 Å². The van der Waals surface area contributed by atoms with E-state index in [4.69, 9.17) is 14.2 Å². The average molecular weight is 483 g/mol.